The Hall–Kier alpha value is -0.0800. The Morgan fingerprint density at radius 3 is 2.21 bits per heavy atom. The van der Waals surface area contributed by atoms with Crippen LogP contribution in [0.15, 0.2) is 0 Å². The molecule has 0 heterocycles. The fourth-order valence-corrected chi connectivity index (χ4v) is 2.87. The monoisotopic (exact) mass is 196 g/mol. The molecule has 82 valence electrons. The van der Waals surface area contributed by atoms with Gasteiger partial charge in [-0.2, -0.15) is 0 Å². The summed E-state index contributed by atoms with van der Waals surface area (Å²) in [5, 5.41) is 0. The van der Waals surface area contributed by atoms with E-state index in [1.165, 1.54) is 51.5 Å². The van der Waals surface area contributed by atoms with Crippen LogP contribution in [0.1, 0.15) is 44.9 Å². The van der Waals surface area contributed by atoms with Crippen molar-refractivity contribution in [3.8, 4) is 0 Å². The summed E-state index contributed by atoms with van der Waals surface area (Å²) >= 11 is 0. The molecule has 0 aromatic carbocycles. The van der Waals surface area contributed by atoms with Crippen molar-refractivity contribution in [1.82, 2.24) is 4.90 Å². The normalized spacial score (nSPS) is 24.4. The van der Waals surface area contributed by atoms with Crippen molar-refractivity contribution in [3.63, 3.8) is 0 Å². The average Bonchev–Trinajstić information content (AvgIpc) is 2.61. The summed E-state index contributed by atoms with van der Waals surface area (Å²) in [6.07, 6.45) is 10.1. The van der Waals surface area contributed by atoms with Gasteiger partial charge in [-0.3, -0.25) is 4.90 Å². The molecule has 2 fully saturated rings. The van der Waals surface area contributed by atoms with Crippen LogP contribution in [0.2, 0.25) is 0 Å². The van der Waals surface area contributed by atoms with Crippen molar-refractivity contribution in [2.24, 2.45) is 11.7 Å². The molecule has 0 saturated heterocycles. The molecule has 0 spiro atoms. The summed E-state index contributed by atoms with van der Waals surface area (Å²) < 4.78 is 0. The van der Waals surface area contributed by atoms with Gasteiger partial charge in [-0.15, -0.1) is 0 Å². The molecule has 2 nitrogen and oxygen atoms in total. The zero-order chi connectivity index (χ0) is 9.80. The van der Waals surface area contributed by atoms with E-state index in [4.69, 9.17) is 5.73 Å². The van der Waals surface area contributed by atoms with E-state index in [0.29, 0.717) is 0 Å². The van der Waals surface area contributed by atoms with E-state index < -0.39 is 0 Å². The Kier molecular flexibility index (Phi) is 3.82. The van der Waals surface area contributed by atoms with E-state index in [2.05, 4.69) is 4.90 Å². The fraction of sp³-hybridized carbons (Fsp3) is 1.00. The third-order valence-electron chi connectivity index (χ3n) is 3.97. The van der Waals surface area contributed by atoms with Crippen LogP contribution in [0.5, 0.6) is 0 Å². The van der Waals surface area contributed by atoms with Crippen LogP contribution in [0.3, 0.4) is 0 Å². The van der Waals surface area contributed by atoms with Crippen LogP contribution in [0, 0.1) is 5.92 Å². The SMILES string of the molecule is NCCN(CC1CCC1)C1CCCC1. The second-order valence-corrected chi connectivity index (χ2v) is 5.02. The highest BCUT2D eigenvalue weighted by Crippen LogP contribution is 2.30. The summed E-state index contributed by atoms with van der Waals surface area (Å²) in [5.74, 6) is 1.00. The number of nitrogens with two attached hydrogens (primary N) is 1. The molecule has 0 bridgehead atoms. The molecule has 0 amide bonds. The maximum absolute atomic E-state index is 5.69. The van der Waals surface area contributed by atoms with Crippen molar-refractivity contribution >= 4 is 0 Å². The van der Waals surface area contributed by atoms with Gasteiger partial charge in [-0.05, 0) is 31.6 Å². The van der Waals surface area contributed by atoms with Gasteiger partial charge in [0.2, 0.25) is 0 Å². The smallest absolute Gasteiger partial charge is 0.0108 e. The average molecular weight is 196 g/mol. The number of rotatable bonds is 5. The van der Waals surface area contributed by atoms with Crippen LogP contribution in [-0.4, -0.2) is 30.6 Å². The lowest BCUT2D eigenvalue weighted by atomic mass is 9.85. The zero-order valence-corrected chi connectivity index (χ0v) is 9.25. The van der Waals surface area contributed by atoms with Crippen LogP contribution >= 0.6 is 0 Å². The summed E-state index contributed by atoms with van der Waals surface area (Å²) in [6.45, 7) is 3.30. The molecule has 2 rings (SSSR count). The lowest BCUT2D eigenvalue weighted by molar-refractivity contribution is 0.137. The molecule has 2 aliphatic rings. The molecule has 2 N–H and O–H groups in total. The Morgan fingerprint density at radius 1 is 1.00 bits per heavy atom. The second-order valence-electron chi connectivity index (χ2n) is 5.02. The molecular weight excluding hydrogens is 172 g/mol. The van der Waals surface area contributed by atoms with Gasteiger partial charge in [0.1, 0.15) is 0 Å². The molecule has 0 aromatic rings. The third kappa shape index (κ3) is 2.48. The maximum Gasteiger partial charge on any atom is 0.0108 e. The van der Waals surface area contributed by atoms with E-state index in [0.717, 1.165) is 25.0 Å². The first-order valence-electron chi connectivity index (χ1n) is 6.34. The standard InChI is InChI=1S/C12H24N2/c13-8-9-14(10-11-4-3-5-11)12-6-1-2-7-12/h11-12H,1-10,13H2. The van der Waals surface area contributed by atoms with E-state index in [1.807, 2.05) is 0 Å². The molecule has 2 heteroatoms. The first kappa shape index (κ1) is 10.4. The highest BCUT2D eigenvalue weighted by atomic mass is 15.2. The largest absolute Gasteiger partial charge is 0.329 e. The number of hydrogen-bond donors (Lipinski definition) is 1. The Bertz CT molecular complexity index is 160. The predicted molar refractivity (Wildman–Crippen MR) is 60.2 cm³/mol. The summed E-state index contributed by atoms with van der Waals surface area (Å²) in [7, 11) is 0. The molecule has 0 atom stereocenters. The molecule has 2 saturated carbocycles. The number of nitrogens with zero attached hydrogens (tertiary/aromatic N) is 1. The quantitative estimate of drug-likeness (QED) is 0.728. The lowest BCUT2D eigenvalue weighted by Crippen LogP contribution is -2.41. The molecule has 0 radical (unpaired) electrons. The first-order chi connectivity index (χ1) is 6.90. The summed E-state index contributed by atoms with van der Waals surface area (Å²) in [5.41, 5.74) is 5.69. The van der Waals surface area contributed by atoms with Crippen molar-refractivity contribution in [2.75, 3.05) is 19.6 Å². The minimum absolute atomic E-state index is 0.837. The highest BCUT2D eigenvalue weighted by Gasteiger charge is 2.26. The third-order valence-corrected chi connectivity index (χ3v) is 3.97. The van der Waals surface area contributed by atoms with E-state index in [1.54, 1.807) is 0 Å². The lowest BCUT2D eigenvalue weighted by Gasteiger charge is -2.35. The number of hydrogen-bond acceptors (Lipinski definition) is 2. The van der Waals surface area contributed by atoms with Crippen LogP contribution in [-0.2, 0) is 0 Å². The van der Waals surface area contributed by atoms with Crippen LogP contribution in [0.4, 0.5) is 0 Å². The molecular formula is C12H24N2. The van der Waals surface area contributed by atoms with E-state index in [9.17, 15) is 0 Å². The molecule has 2 aliphatic carbocycles. The van der Waals surface area contributed by atoms with E-state index >= 15 is 0 Å². The zero-order valence-electron chi connectivity index (χ0n) is 9.25. The van der Waals surface area contributed by atoms with Gasteiger partial charge in [0.15, 0.2) is 0 Å². The van der Waals surface area contributed by atoms with Crippen molar-refractivity contribution < 1.29 is 0 Å². The topological polar surface area (TPSA) is 29.3 Å². The van der Waals surface area contributed by atoms with E-state index in [-0.39, 0.29) is 0 Å². The Balaban J connectivity index is 1.78. The minimum Gasteiger partial charge on any atom is -0.329 e. The summed E-state index contributed by atoms with van der Waals surface area (Å²) in [6, 6.07) is 0.874. The van der Waals surface area contributed by atoms with Crippen molar-refractivity contribution in [1.29, 1.82) is 0 Å². The Labute approximate surface area is 87.8 Å². The van der Waals surface area contributed by atoms with Gasteiger partial charge < -0.3 is 5.73 Å². The molecule has 0 aromatic heterocycles. The molecule has 0 unspecified atom stereocenters. The highest BCUT2D eigenvalue weighted by molar-refractivity contribution is 4.81. The molecule has 14 heavy (non-hydrogen) atoms. The van der Waals surface area contributed by atoms with Gasteiger partial charge in [-0.1, -0.05) is 19.3 Å². The van der Waals surface area contributed by atoms with Gasteiger partial charge in [0.05, 0.1) is 0 Å². The Morgan fingerprint density at radius 2 is 1.71 bits per heavy atom. The van der Waals surface area contributed by atoms with Gasteiger partial charge in [0.25, 0.3) is 0 Å². The van der Waals surface area contributed by atoms with Crippen LogP contribution in [0.25, 0.3) is 0 Å². The van der Waals surface area contributed by atoms with Crippen molar-refractivity contribution in [2.45, 2.75) is 51.0 Å². The van der Waals surface area contributed by atoms with Gasteiger partial charge in [0, 0.05) is 25.7 Å². The minimum atomic E-state index is 0.837. The fourth-order valence-electron chi connectivity index (χ4n) is 2.87. The second kappa shape index (κ2) is 5.13. The molecule has 0 aliphatic heterocycles. The maximum atomic E-state index is 5.69. The summed E-state index contributed by atoms with van der Waals surface area (Å²) in [4.78, 5) is 2.68. The predicted octanol–water partition coefficient (Wildman–Crippen LogP) is 1.99. The van der Waals surface area contributed by atoms with Crippen LogP contribution < -0.4 is 5.73 Å². The van der Waals surface area contributed by atoms with Gasteiger partial charge in [-0.25, -0.2) is 0 Å². The van der Waals surface area contributed by atoms with Gasteiger partial charge >= 0.3 is 0 Å². The first-order valence-corrected chi connectivity index (χ1v) is 6.34. The van der Waals surface area contributed by atoms with Crippen molar-refractivity contribution in [3.05, 3.63) is 0 Å².